The maximum atomic E-state index is 14.6. The zero-order valence-electron chi connectivity index (χ0n) is 12.9. The van der Waals surface area contributed by atoms with Crippen LogP contribution < -0.4 is 11.3 Å². The number of aliphatic hydroxyl groups is 1. The highest BCUT2D eigenvalue weighted by molar-refractivity contribution is 5.87. The van der Waals surface area contributed by atoms with Crippen molar-refractivity contribution in [3.05, 3.63) is 58.3 Å². The largest absolute Gasteiger partial charge is 0.392 e. The van der Waals surface area contributed by atoms with Crippen LogP contribution in [0.2, 0.25) is 0 Å². The molecule has 1 aliphatic carbocycles. The van der Waals surface area contributed by atoms with Crippen LogP contribution in [-0.2, 0) is 6.61 Å². The third-order valence-corrected chi connectivity index (χ3v) is 4.41. The number of halogens is 1. The maximum absolute atomic E-state index is 14.6. The number of aliphatic hydroxyl groups excluding tert-OH is 1. The quantitative estimate of drug-likeness (QED) is 0.775. The third kappa shape index (κ3) is 2.35. The average molecular weight is 325 g/mol. The molecule has 24 heavy (non-hydrogen) atoms. The molecule has 0 aliphatic heterocycles. The number of rotatable bonds is 3. The van der Waals surface area contributed by atoms with Crippen LogP contribution in [0.4, 0.5) is 10.2 Å². The SMILES string of the molecule is Nc1ccc(-c2cc3c(cc2F)c(CO)cc(=O)n3C2CC2)cn1. The first-order chi connectivity index (χ1) is 11.6. The molecular formula is C18H16FN3O2. The number of fused-ring (bicyclic) bond motifs is 1. The van der Waals surface area contributed by atoms with E-state index < -0.39 is 5.82 Å². The predicted molar refractivity (Wildman–Crippen MR) is 90.0 cm³/mol. The summed E-state index contributed by atoms with van der Waals surface area (Å²) >= 11 is 0. The lowest BCUT2D eigenvalue weighted by Gasteiger charge is -2.14. The van der Waals surface area contributed by atoms with Crippen molar-refractivity contribution in [1.82, 2.24) is 9.55 Å². The molecule has 122 valence electrons. The highest BCUT2D eigenvalue weighted by atomic mass is 19.1. The molecule has 1 saturated carbocycles. The average Bonchev–Trinajstić information content (AvgIpc) is 3.39. The van der Waals surface area contributed by atoms with Crippen LogP contribution in [0.1, 0.15) is 24.4 Å². The van der Waals surface area contributed by atoms with Crippen molar-refractivity contribution in [2.75, 3.05) is 5.73 Å². The molecular weight excluding hydrogens is 309 g/mol. The molecule has 3 aromatic rings. The first-order valence-corrected chi connectivity index (χ1v) is 7.79. The Kier molecular flexibility index (Phi) is 3.35. The van der Waals surface area contributed by atoms with E-state index in [1.165, 1.54) is 18.3 Å². The lowest BCUT2D eigenvalue weighted by Crippen LogP contribution is -2.20. The zero-order valence-corrected chi connectivity index (χ0v) is 12.9. The zero-order chi connectivity index (χ0) is 16.8. The molecule has 0 spiro atoms. The molecule has 0 saturated heterocycles. The van der Waals surface area contributed by atoms with Gasteiger partial charge in [0.1, 0.15) is 11.6 Å². The number of nitrogen functional groups attached to an aromatic ring is 1. The van der Waals surface area contributed by atoms with Crippen molar-refractivity contribution in [1.29, 1.82) is 0 Å². The Morgan fingerprint density at radius 3 is 2.71 bits per heavy atom. The Morgan fingerprint density at radius 1 is 1.29 bits per heavy atom. The van der Waals surface area contributed by atoms with Crippen molar-refractivity contribution in [2.24, 2.45) is 0 Å². The van der Waals surface area contributed by atoms with Gasteiger partial charge in [0.15, 0.2) is 0 Å². The summed E-state index contributed by atoms with van der Waals surface area (Å²) in [7, 11) is 0. The van der Waals surface area contributed by atoms with Crippen LogP contribution in [0.25, 0.3) is 22.0 Å². The summed E-state index contributed by atoms with van der Waals surface area (Å²) in [6.07, 6.45) is 3.38. The van der Waals surface area contributed by atoms with Gasteiger partial charge in [0.25, 0.3) is 5.56 Å². The van der Waals surface area contributed by atoms with E-state index in [4.69, 9.17) is 5.73 Å². The summed E-state index contributed by atoms with van der Waals surface area (Å²) in [4.78, 5) is 16.4. The number of anilines is 1. The van der Waals surface area contributed by atoms with Gasteiger partial charge in [-0.05, 0) is 42.7 Å². The van der Waals surface area contributed by atoms with E-state index in [0.29, 0.717) is 33.4 Å². The monoisotopic (exact) mass is 325 g/mol. The molecule has 2 aromatic heterocycles. The summed E-state index contributed by atoms with van der Waals surface area (Å²) in [5, 5.41) is 10.1. The second-order valence-electron chi connectivity index (χ2n) is 6.09. The summed E-state index contributed by atoms with van der Waals surface area (Å²) in [5.41, 5.74) is 7.45. The van der Waals surface area contributed by atoms with Gasteiger partial charge in [0.05, 0.1) is 12.1 Å². The predicted octanol–water partition coefficient (Wildman–Crippen LogP) is 2.61. The summed E-state index contributed by atoms with van der Waals surface area (Å²) in [6.45, 7) is -0.306. The van der Waals surface area contributed by atoms with Crippen molar-refractivity contribution < 1.29 is 9.50 Å². The summed E-state index contributed by atoms with van der Waals surface area (Å²) < 4.78 is 16.3. The highest BCUT2D eigenvalue weighted by Gasteiger charge is 2.27. The molecule has 3 N–H and O–H groups in total. The van der Waals surface area contributed by atoms with E-state index in [1.54, 1.807) is 22.8 Å². The number of hydrogen-bond acceptors (Lipinski definition) is 4. The van der Waals surface area contributed by atoms with E-state index >= 15 is 0 Å². The Hall–Kier alpha value is -2.73. The molecule has 0 atom stereocenters. The van der Waals surface area contributed by atoms with Gasteiger partial charge in [-0.3, -0.25) is 4.79 Å². The Bertz CT molecular complexity index is 992. The smallest absolute Gasteiger partial charge is 0.251 e. The normalized spacial score (nSPS) is 14.2. The van der Waals surface area contributed by atoms with Gasteiger partial charge in [-0.15, -0.1) is 0 Å². The van der Waals surface area contributed by atoms with Gasteiger partial charge in [-0.2, -0.15) is 0 Å². The Morgan fingerprint density at radius 2 is 2.08 bits per heavy atom. The van der Waals surface area contributed by atoms with Gasteiger partial charge in [-0.1, -0.05) is 0 Å². The van der Waals surface area contributed by atoms with Crippen LogP contribution in [0.5, 0.6) is 0 Å². The van der Waals surface area contributed by atoms with Gasteiger partial charge in [0, 0.05) is 34.8 Å². The van der Waals surface area contributed by atoms with Crippen LogP contribution in [0.15, 0.2) is 41.3 Å². The van der Waals surface area contributed by atoms with Crippen LogP contribution in [-0.4, -0.2) is 14.7 Å². The number of nitrogens with two attached hydrogens (primary N) is 1. The van der Waals surface area contributed by atoms with E-state index in [1.807, 2.05) is 0 Å². The molecule has 0 amide bonds. The van der Waals surface area contributed by atoms with E-state index in [-0.39, 0.29) is 18.2 Å². The molecule has 1 aromatic carbocycles. The molecule has 0 bridgehead atoms. The van der Waals surface area contributed by atoms with E-state index in [9.17, 15) is 14.3 Å². The number of nitrogens with zero attached hydrogens (tertiary/aromatic N) is 2. The van der Waals surface area contributed by atoms with Crippen molar-refractivity contribution in [2.45, 2.75) is 25.5 Å². The lowest BCUT2D eigenvalue weighted by molar-refractivity contribution is 0.283. The second-order valence-corrected chi connectivity index (χ2v) is 6.09. The van der Waals surface area contributed by atoms with Crippen molar-refractivity contribution in [3.8, 4) is 11.1 Å². The summed E-state index contributed by atoms with van der Waals surface area (Å²) in [5.74, 6) is -0.0674. The lowest BCUT2D eigenvalue weighted by atomic mass is 10.0. The first kappa shape index (κ1) is 14.8. The van der Waals surface area contributed by atoms with Gasteiger partial charge in [0.2, 0.25) is 0 Å². The number of hydrogen-bond donors (Lipinski definition) is 2. The molecule has 0 radical (unpaired) electrons. The molecule has 4 rings (SSSR count). The van der Waals surface area contributed by atoms with Crippen molar-refractivity contribution in [3.63, 3.8) is 0 Å². The third-order valence-electron chi connectivity index (χ3n) is 4.41. The standard InChI is InChI=1S/C18H16FN3O2/c19-15-6-14-11(9-23)5-18(24)22(12-2-3-12)16(14)7-13(15)10-1-4-17(20)21-8-10/h1,4-8,12,23H,2-3,9H2,(H2,20,21). The first-order valence-electron chi connectivity index (χ1n) is 7.79. The fourth-order valence-electron chi connectivity index (χ4n) is 3.06. The minimum absolute atomic E-state index is 0.149. The number of benzene rings is 1. The number of pyridine rings is 2. The summed E-state index contributed by atoms with van der Waals surface area (Å²) in [6, 6.07) is 7.89. The molecule has 5 nitrogen and oxygen atoms in total. The molecule has 0 unspecified atom stereocenters. The minimum atomic E-state index is -0.426. The van der Waals surface area contributed by atoms with Crippen molar-refractivity contribution >= 4 is 16.7 Å². The Labute approximate surface area is 137 Å². The molecule has 6 heteroatoms. The van der Waals surface area contributed by atoms with Crippen LogP contribution >= 0.6 is 0 Å². The van der Waals surface area contributed by atoms with E-state index in [2.05, 4.69) is 4.98 Å². The number of aromatic nitrogens is 2. The second kappa shape index (κ2) is 5.42. The fraction of sp³-hybridized carbons (Fsp3) is 0.222. The van der Waals surface area contributed by atoms with Crippen LogP contribution in [0, 0.1) is 5.82 Å². The molecule has 1 fully saturated rings. The molecule has 1 aliphatic rings. The van der Waals surface area contributed by atoms with Gasteiger partial charge < -0.3 is 15.4 Å². The van der Waals surface area contributed by atoms with Gasteiger partial charge >= 0.3 is 0 Å². The maximum Gasteiger partial charge on any atom is 0.251 e. The van der Waals surface area contributed by atoms with Crippen LogP contribution in [0.3, 0.4) is 0 Å². The minimum Gasteiger partial charge on any atom is -0.392 e. The Balaban J connectivity index is 2.03. The fourth-order valence-corrected chi connectivity index (χ4v) is 3.06. The molecule has 2 heterocycles. The topological polar surface area (TPSA) is 81.1 Å². The van der Waals surface area contributed by atoms with Gasteiger partial charge in [-0.25, -0.2) is 9.37 Å². The van der Waals surface area contributed by atoms with E-state index in [0.717, 1.165) is 12.8 Å². The highest BCUT2D eigenvalue weighted by Crippen LogP contribution is 2.38.